The SMILES string of the molecule is NC(=O)NC1Cc2ccccc2C1=O. The Balaban J connectivity index is 2.26. The largest absolute Gasteiger partial charge is 0.352 e. The molecule has 0 aliphatic heterocycles. The minimum absolute atomic E-state index is 0.0561. The average molecular weight is 190 g/mol. The van der Waals surface area contributed by atoms with Crippen molar-refractivity contribution in [2.75, 3.05) is 0 Å². The average Bonchev–Trinajstić information content (AvgIpc) is 2.44. The van der Waals surface area contributed by atoms with Crippen molar-refractivity contribution >= 4 is 11.8 Å². The minimum atomic E-state index is -0.656. The molecular weight excluding hydrogens is 180 g/mol. The van der Waals surface area contributed by atoms with Crippen molar-refractivity contribution in [1.82, 2.24) is 5.32 Å². The van der Waals surface area contributed by atoms with Gasteiger partial charge in [-0.25, -0.2) is 4.79 Å². The number of Topliss-reactive ketones (excluding diaryl/α,β-unsaturated/α-hetero) is 1. The summed E-state index contributed by atoms with van der Waals surface area (Å²) in [6.45, 7) is 0. The Morgan fingerprint density at radius 1 is 1.43 bits per heavy atom. The zero-order chi connectivity index (χ0) is 10.1. The van der Waals surface area contributed by atoms with Gasteiger partial charge in [-0.2, -0.15) is 0 Å². The van der Waals surface area contributed by atoms with Gasteiger partial charge in [0, 0.05) is 12.0 Å². The van der Waals surface area contributed by atoms with E-state index in [4.69, 9.17) is 5.73 Å². The third-order valence-corrected chi connectivity index (χ3v) is 2.34. The number of rotatable bonds is 1. The number of carbonyl (C=O) groups is 2. The van der Waals surface area contributed by atoms with Crippen LogP contribution in [0.4, 0.5) is 4.79 Å². The van der Waals surface area contributed by atoms with Crippen LogP contribution in [0.15, 0.2) is 24.3 Å². The van der Waals surface area contributed by atoms with Crippen LogP contribution >= 0.6 is 0 Å². The number of ketones is 1. The predicted octanol–water partition coefficient (Wildman–Crippen LogP) is 0.462. The van der Waals surface area contributed by atoms with Gasteiger partial charge in [-0.3, -0.25) is 4.79 Å². The van der Waals surface area contributed by atoms with Gasteiger partial charge >= 0.3 is 6.03 Å². The molecule has 3 N–H and O–H groups in total. The van der Waals surface area contributed by atoms with Gasteiger partial charge in [-0.15, -0.1) is 0 Å². The number of hydrogen-bond donors (Lipinski definition) is 2. The van der Waals surface area contributed by atoms with Crippen LogP contribution in [-0.2, 0) is 6.42 Å². The zero-order valence-corrected chi connectivity index (χ0v) is 7.49. The molecule has 0 spiro atoms. The van der Waals surface area contributed by atoms with Crippen LogP contribution in [0.2, 0.25) is 0 Å². The maximum atomic E-state index is 11.7. The summed E-state index contributed by atoms with van der Waals surface area (Å²) in [5.41, 5.74) is 6.62. The van der Waals surface area contributed by atoms with Crippen LogP contribution < -0.4 is 11.1 Å². The quantitative estimate of drug-likeness (QED) is 0.675. The molecule has 0 saturated heterocycles. The smallest absolute Gasteiger partial charge is 0.312 e. The molecule has 4 nitrogen and oxygen atoms in total. The summed E-state index contributed by atoms with van der Waals surface area (Å²) in [5, 5.41) is 2.43. The summed E-state index contributed by atoms with van der Waals surface area (Å²) in [6.07, 6.45) is 0.540. The standard InChI is InChI=1S/C10H10N2O2/c11-10(14)12-8-5-6-3-1-2-4-7(6)9(8)13/h1-4,8H,5H2,(H3,11,12,14). The Morgan fingerprint density at radius 3 is 2.79 bits per heavy atom. The maximum absolute atomic E-state index is 11.7. The van der Waals surface area contributed by atoms with Gasteiger partial charge in [0.05, 0.1) is 6.04 Å². The van der Waals surface area contributed by atoms with Gasteiger partial charge in [0.15, 0.2) is 5.78 Å². The Labute approximate surface area is 81.1 Å². The third-order valence-electron chi connectivity index (χ3n) is 2.34. The van der Waals surface area contributed by atoms with Crippen LogP contribution in [-0.4, -0.2) is 17.9 Å². The van der Waals surface area contributed by atoms with Gasteiger partial charge in [-0.1, -0.05) is 24.3 Å². The summed E-state index contributed by atoms with van der Waals surface area (Å²) in [7, 11) is 0. The molecule has 1 unspecified atom stereocenters. The number of amides is 2. The number of nitrogens with two attached hydrogens (primary N) is 1. The van der Waals surface area contributed by atoms with Gasteiger partial charge < -0.3 is 11.1 Å². The number of nitrogens with one attached hydrogen (secondary N) is 1. The predicted molar refractivity (Wildman–Crippen MR) is 51.0 cm³/mol. The molecule has 14 heavy (non-hydrogen) atoms. The zero-order valence-electron chi connectivity index (χ0n) is 7.49. The van der Waals surface area contributed by atoms with Crippen molar-refractivity contribution in [3.63, 3.8) is 0 Å². The second-order valence-electron chi connectivity index (χ2n) is 3.29. The van der Waals surface area contributed by atoms with Crippen molar-refractivity contribution < 1.29 is 9.59 Å². The minimum Gasteiger partial charge on any atom is -0.352 e. The van der Waals surface area contributed by atoms with Gasteiger partial charge in [-0.05, 0) is 5.56 Å². The van der Waals surface area contributed by atoms with Gasteiger partial charge in [0.2, 0.25) is 0 Å². The van der Waals surface area contributed by atoms with Crippen molar-refractivity contribution in [1.29, 1.82) is 0 Å². The highest BCUT2D eigenvalue weighted by atomic mass is 16.2. The molecule has 0 radical (unpaired) electrons. The number of carbonyl (C=O) groups excluding carboxylic acids is 2. The van der Waals surface area contributed by atoms with Crippen molar-refractivity contribution in [2.45, 2.75) is 12.5 Å². The molecule has 72 valence electrons. The highest BCUT2D eigenvalue weighted by Crippen LogP contribution is 2.21. The molecule has 2 rings (SSSR count). The molecule has 1 aromatic rings. The maximum Gasteiger partial charge on any atom is 0.312 e. The molecule has 1 aliphatic carbocycles. The lowest BCUT2D eigenvalue weighted by Crippen LogP contribution is -2.42. The van der Waals surface area contributed by atoms with Crippen LogP contribution in [0, 0.1) is 0 Å². The van der Waals surface area contributed by atoms with E-state index in [1.807, 2.05) is 18.2 Å². The molecule has 0 heterocycles. The van der Waals surface area contributed by atoms with Crippen LogP contribution in [0.3, 0.4) is 0 Å². The van der Waals surface area contributed by atoms with Crippen LogP contribution in [0.5, 0.6) is 0 Å². The number of benzene rings is 1. The summed E-state index contributed by atoms with van der Waals surface area (Å²) >= 11 is 0. The molecule has 1 aromatic carbocycles. The fourth-order valence-corrected chi connectivity index (χ4v) is 1.73. The van der Waals surface area contributed by atoms with Crippen molar-refractivity contribution in [2.24, 2.45) is 5.73 Å². The van der Waals surface area contributed by atoms with E-state index in [-0.39, 0.29) is 5.78 Å². The molecule has 1 aliphatic rings. The van der Waals surface area contributed by atoms with E-state index in [9.17, 15) is 9.59 Å². The Bertz CT molecular complexity index is 401. The Hall–Kier alpha value is -1.84. The third kappa shape index (κ3) is 1.35. The molecular formula is C10H10N2O2. The normalized spacial score (nSPS) is 19.1. The monoisotopic (exact) mass is 190 g/mol. The molecule has 1 atom stereocenters. The number of hydrogen-bond acceptors (Lipinski definition) is 2. The lowest BCUT2D eigenvalue weighted by Gasteiger charge is -2.06. The van der Waals surface area contributed by atoms with Crippen LogP contribution in [0.25, 0.3) is 0 Å². The fourth-order valence-electron chi connectivity index (χ4n) is 1.73. The first-order valence-corrected chi connectivity index (χ1v) is 4.36. The molecule has 2 amide bonds. The molecule has 0 fully saturated rings. The molecule has 0 aromatic heterocycles. The fraction of sp³-hybridized carbons (Fsp3) is 0.200. The van der Waals surface area contributed by atoms with Crippen molar-refractivity contribution in [3.05, 3.63) is 35.4 Å². The first-order valence-electron chi connectivity index (χ1n) is 4.36. The first-order chi connectivity index (χ1) is 6.68. The second kappa shape index (κ2) is 3.14. The number of primary amides is 1. The highest BCUT2D eigenvalue weighted by Gasteiger charge is 2.30. The van der Waals surface area contributed by atoms with E-state index in [1.54, 1.807) is 6.07 Å². The van der Waals surface area contributed by atoms with E-state index in [2.05, 4.69) is 5.32 Å². The molecule has 0 bridgehead atoms. The highest BCUT2D eigenvalue weighted by molar-refractivity contribution is 6.05. The van der Waals surface area contributed by atoms with Gasteiger partial charge in [0.1, 0.15) is 0 Å². The summed E-state index contributed by atoms with van der Waals surface area (Å²) in [4.78, 5) is 22.3. The summed E-state index contributed by atoms with van der Waals surface area (Å²) in [5.74, 6) is -0.0561. The van der Waals surface area contributed by atoms with Crippen LogP contribution in [0.1, 0.15) is 15.9 Å². The lowest BCUT2D eigenvalue weighted by molar-refractivity contribution is 0.0961. The van der Waals surface area contributed by atoms with E-state index in [1.165, 1.54) is 0 Å². The molecule has 0 saturated carbocycles. The number of urea groups is 1. The summed E-state index contributed by atoms with van der Waals surface area (Å²) < 4.78 is 0. The Kier molecular flexibility index (Phi) is 1.96. The van der Waals surface area contributed by atoms with E-state index < -0.39 is 12.1 Å². The topological polar surface area (TPSA) is 72.2 Å². The van der Waals surface area contributed by atoms with E-state index in [0.29, 0.717) is 12.0 Å². The van der Waals surface area contributed by atoms with Crippen molar-refractivity contribution in [3.8, 4) is 0 Å². The summed E-state index contributed by atoms with van der Waals surface area (Å²) in [6, 6.07) is 6.19. The van der Waals surface area contributed by atoms with E-state index >= 15 is 0 Å². The number of fused-ring (bicyclic) bond motifs is 1. The first kappa shape index (κ1) is 8.74. The molecule has 4 heteroatoms. The second-order valence-corrected chi connectivity index (χ2v) is 3.29. The Morgan fingerprint density at radius 2 is 2.14 bits per heavy atom. The lowest BCUT2D eigenvalue weighted by atomic mass is 10.1. The van der Waals surface area contributed by atoms with E-state index in [0.717, 1.165) is 5.56 Å². The van der Waals surface area contributed by atoms with Gasteiger partial charge in [0.25, 0.3) is 0 Å².